The lowest BCUT2D eigenvalue weighted by atomic mass is 10.0. The Balaban J connectivity index is 2.23. The predicted molar refractivity (Wildman–Crippen MR) is 76.7 cm³/mol. The SMILES string of the molecule is COc1ccc(-c2c(C)nc3nc(C)nn3c2N)cc1. The zero-order valence-electron chi connectivity index (χ0n) is 11.6. The molecule has 6 nitrogen and oxygen atoms in total. The second kappa shape index (κ2) is 4.48. The predicted octanol–water partition coefficient (Wildman–Crippen LogP) is 2.00. The van der Waals surface area contributed by atoms with Crippen molar-refractivity contribution in [2.24, 2.45) is 0 Å². The highest BCUT2D eigenvalue weighted by atomic mass is 16.5. The number of nitrogens with zero attached hydrogens (tertiary/aromatic N) is 4. The van der Waals surface area contributed by atoms with Gasteiger partial charge in [-0.05, 0) is 31.5 Å². The number of anilines is 1. The van der Waals surface area contributed by atoms with Crippen molar-refractivity contribution in [1.29, 1.82) is 0 Å². The van der Waals surface area contributed by atoms with Crippen molar-refractivity contribution in [3.8, 4) is 16.9 Å². The van der Waals surface area contributed by atoms with Gasteiger partial charge in [0.05, 0.1) is 12.8 Å². The van der Waals surface area contributed by atoms with Crippen molar-refractivity contribution in [3.63, 3.8) is 0 Å². The van der Waals surface area contributed by atoms with Gasteiger partial charge in [-0.1, -0.05) is 12.1 Å². The molecule has 0 aliphatic carbocycles. The number of rotatable bonds is 2. The quantitative estimate of drug-likeness (QED) is 0.769. The molecule has 1 aromatic carbocycles. The number of aromatic nitrogens is 4. The van der Waals surface area contributed by atoms with E-state index in [1.165, 1.54) is 0 Å². The van der Waals surface area contributed by atoms with Gasteiger partial charge in [0.2, 0.25) is 0 Å². The fraction of sp³-hybridized carbons (Fsp3) is 0.214. The molecule has 0 fully saturated rings. The number of methoxy groups -OCH3 is 1. The van der Waals surface area contributed by atoms with Crippen molar-refractivity contribution in [2.45, 2.75) is 13.8 Å². The van der Waals surface area contributed by atoms with Crippen molar-refractivity contribution >= 4 is 11.6 Å². The van der Waals surface area contributed by atoms with Gasteiger partial charge in [-0.25, -0.2) is 4.98 Å². The lowest BCUT2D eigenvalue weighted by molar-refractivity contribution is 0.415. The van der Waals surface area contributed by atoms with E-state index in [1.807, 2.05) is 38.1 Å². The molecule has 2 aromatic heterocycles. The van der Waals surface area contributed by atoms with Crippen molar-refractivity contribution in [2.75, 3.05) is 12.8 Å². The van der Waals surface area contributed by atoms with E-state index < -0.39 is 0 Å². The van der Waals surface area contributed by atoms with Crippen LogP contribution in [0.25, 0.3) is 16.9 Å². The molecule has 0 aliphatic heterocycles. The lowest BCUT2D eigenvalue weighted by Crippen LogP contribution is -2.05. The van der Waals surface area contributed by atoms with Crippen LogP contribution in [0.3, 0.4) is 0 Å². The maximum Gasteiger partial charge on any atom is 0.254 e. The molecule has 20 heavy (non-hydrogen) atoms. The first-order valence-corrected chi connectivity index (χ1v) is 6.24. The number of hydrogen-bond acceptors (Lipinski definition) is 5. The monoisotopic (exact) mass is 269 g/mol. The van der Waals surface area contributed by atoms with Gasteiger partial charge in [-0.15, -0.1) is 5.10 Å². The van der Waals surface area contributed by atoms with Crippen LogP contribution in [0.4, 0.5) is 5.82 Å². The van der Waals surface area contributed by atoms with Crippen LogP contribution in [-0.2, 0) is 0 Å². The highest BCUT2D eigenvalue weighted by Crippen LogP contribution is 2.29. The molecule has 0 saturated carbocycles. The van der Waals surface area contributed by atoms with Crippen molar-refractivity contribution in [1.82, 2.24) is 19.6 Å². The van der Waals surface area contributed by atoms with Crippen LogP contribution in [-0.4, -0.2) is 26.7 Å². The number of fused-ring (bicyclic) bond motifs is 1. The third kappa shape index (κ3) is 1.85. The Morgan fingerprint density at radius 3 is 2.45 bits per heavy atom. The van der Waals surface area contributed by atoms with Gasteiger partial charge < -0.3 is 10.5 Å². The van der Waals surface area contributed by atoms with E-state index in [2.05, 4.69) is 15.1 Å². The Labute approximate surface area is 116 Å². The summed E-state index contributed by atoms with van der Waals surface area (Å²) in [5, 5.41) is 4.27. The molecule has 6 heteroatoms. The van der Waals surface area contributed by atoms with Gasteiger partial charge in [0, 0.05) is 5.56 Å². The number of aryl methyl sites for hydroxylation is 2. The molecule has 0 saturated heterocycles. The first-order chi connectivity index (χ1) is 9.60. The topological polar surface area (TPSA) is 78.3 Å². The van der Waals surface area contributed by atoms with Crippen molar-refractivity contribution < 1.29 is 4.74 Å². The molecule has 2 heterocycles. The van der Waals surface area contributed by atoms with Gasteiger partial charge in [-0.3, -0.25) is 0 Å². The van der Waals surface area contributed by atoms with Crippen LogP contribution < -0.4 is 10.5 Å². The van der Waals surface area contributed by atoms with Crippen LogP contribution in [0.1, 0.15) is 11.5 Å². The van der Waals surface area contributed by atoms with Gasteiger partial charge in [0.25, 0.3) is 5.78 Å². The molecule has 3 rings (SSSR count). The normalized spacial score (nSPS) is 10.9. The summed E-state index contributed by atoms with van der Waals surface area (Å²) in [6.45, 7) is 3.73. The molecule has 3 aromatic rings. The molecule has 2 N–H and O–H groups in total. The van der Waals surface area contributed by atoms with E-state index in [4.69, 9.17) is 10.5 Å². The van der Waals surface area contributed by atoms with E-state index in [0.29, 0.717) is 17.4 Å². The third-order valence-corrected chi connectivity index (χ3v) is 3.19. The van der Waals surface area contributed by atoms with E-state index >= 15 is 0 Å². The molecular weight excluding hydrogens is 254 g/mol. The summed E-state index contributed by atoms with van der Waals surface area (Å²) in [5.41, 5.74) is 8.89. The minimum Gasteiger partial charge on any atom is -0.497 e. The highest BCUT2D eigenvalue weighted by Gasteiger charge is 2.14. The minimum atomic E-state index is 0.523. The van der Waals surface area contributed by atoms with Crippen LogP contribution >= 0.6 is 0 Å². The standard InChI is InChI=1S/C14H15N5O/c1-8-12(10-4-6-11(20-3)7-5-10)13(15)19-14(16-8)17-9(2)18-19/h4-7H,15H2,1-3H3. The van der Waals surface area contributed by atoms with Gasteiger partial charge in [-0.2, -0.15) is 9.50 Å². The molecule has 0 amide bonds. The second-order valence-corrected chi connectivity index (χ2v) is 4.56. The number of ether oxygens (including phenoxy) is 1. The zero-order chi connectivity index (χ0) is 14.3. The maximum atomic E-state index is 6.22. The van der Waals surface area contributed by atoms with E-state index in [0.717, 1.165) is 22.6 Å². The zero-order valence-corrected chi connectivity index (χ0v) is 11.6. The number of nitrogens with two attached hydrogens (primary N) is 1. The second-order valence-electron chi connectivity index (χ2n) is 4.56. The molecule has 0 spiro atoms. The van der Waals surface area contributed by atoms with E-state index in [9.17, 15) is 0 Å². The first-order valence-electron chi connectivity index (χ1n) is 6.24. The largest absolute Gasteiger partial charge is 0.497 e. The minimum absolute atomic E-state index is 0.523. The van der Waals surface area contributed by atoms with E-state index in [-0.39, 0.29) is 0 Å². The highest BCUT2D eigenvalue weighted by molar-refractivity contribution is 5.77. The Kier molecular flexibility index (Phi) is 2.78. The molecule has 0 atom stereocenters. The summed E-state index contributed by atoms with van der Waals surface area (Å²) in [7, 11) is 1.64. The number of benzene rings is 1. The molecule has 0 unspecified atom stereocenters. The summed E-state index contributed by atoms with van der Waals surface area (Å²) in [4.78, 5) is 8.69. The van der Waals surface area contributed by atoms with Crippen LogP contribution in [0, 0.1) is 13.8 Å². The summed E-state index contributed by atoms with van der Waals surface area (Å²) in [6, 6.07) is 7.69. The average Bonchev–Trinajstić information content (AvgIpc) is 2.80. The van der Waals surface area contributed by atoms with E-state index in [1.54, 1.807) is 11.6 Å². The van der Waals surface area contributed by atoms with Gasteiger partial charge >= 0.3 is 0 Å². The molecular formula is C14H15N5O. The summed E-state index contributed by atoms with van der Waals surface area (Å²) < 4.78 is 6.74. The smallest absolute Gasteiger partial charge is 0.254 e. The Morgan fingerprint density at radius 2 is 1.80 bits per heavy atom. The van der Waals surface area contributed by atoms with Gasteiger partial charge in [0.1, 0.15) is 17.4 Å². The Bertz CT molecular complexity index is 776. The Hall–Kier alpha value is -2.63. The fourth-order valence-electron chi connectivity index (χ4n) is 2.25. The average molecular weight is 269 g/mol. The number of nitrogen functional groups attached to an aromatic ring is 1. The van der Waals surface area contributed by atoms with Gasteiger partial charge in [0.15, 0.2) is 0 Å². The van der Waals surface area contributed by atoms with Crippen LogP contribution in [0.5, 0.6) is 5.75 Å². The number of hydrogen-bond donors (Lipinski definition) is 1. The van der Waals surface area contributed by atoms with Crippen LogP contribution in [0.15, 0.2) is 24.3 Å². The lowest BCUT2D eigenvalue weighted by Gasteiger charge is -2.10. The third-order valence-electron chi connectivity index (χ3n) is 3.19. The summed E-state index contributed by atoms with van der Waals surface area (Å²) in [6.07, 6.45) is 0. The summed E-state index contributed by atoms with van der Waals surface area (Å²) in [5.74, 6) is 2.51. The maximum absolute atomic E-state index is 6.22. The molecule has 0 bridgehead atoms. The fourth-order valence-corrected chi connectivity index (χ4v) is 2.25. The molecule has 0 aliphatic rings. The Morgan fingerprint density at radius 1 is 1.10 bits per heavy atom. The van der Waals surface area contributed by atoms with Crippen molar-refractivity contribution in [3.05, 3.63) is 35.8 Å². The van der Waals surface area contributed by atoms with Crippen LogP contribution in [0.2, 0.25) is 0 Å². The first kappa shape index (κ1) is 12.4. The summed E-state index contributed by atoms with van der Waals surface area (Å²) >= 11 is 0. The molecule has 0 radical (unpaired) electrons. The molecule has 102 valence electrons.